The van der Waals surface area contributed by atoms with Gasteiger partial charge in [-0.2, -0.15) is 5.26 Å². The van der Waals surface area contributed by atoms with Gasteiger partial charge < -0.3 is 10.1 Å². The molecule has 0 saturated heterocycles. The Labute approximate surface area is 131 Å². The molecule has 1 unspecified atom stereocenters. The van der Waals surface area contributed by atoms with Crippen LogP contribution in [-0.4, -0.2) is 22.7 Å². The van der Waals surface area contributed by atoms with Crippen LogP contribution in [-0.2, 0) is 4.74 Å². The Kier molecular flexibility index (Phi) is 4.44. The van der Waals surface area contributed by atoms with Crippen LogP contribution < -0.4 is 5.32 Å². The van der Waals surface area contributed by atoms with Crippen LogP contribution in [0.4, 0.5) is 14.7 Å². The molecule has 1 aromatic carbocycles. The third-order valence-electron chi connectivity index (χ3n) is 3.45. The third kappa shape index (κ3) is 3.99. The van der Waals surface area contributed by atoms with Gasteiger partial charge in [-0.3, -0.25) is 0 Å². The molecule has 0 amide bonds. The minimum Gasteiger partial charge on any atom is -0.376 e. The Bertz CT molecular complexity index is 726. The zero-order valence-electron chi connectivity index (χ0n) is 12.2. The van der Waals surface area contributed by atoms with Crippen molar-refractivity contribution in [3.8, 4) is 6.07 Å². The van der Waals surface area contributed by atoms with E-state index in [9.17, 15) is 8.78 Å². The van der Waals surface area contributed by atoms with E-state index in [0.29, 0.717) is 5.56 Å². The van der Waals surface area contributed by atoms with Gasteiger partial charge in [-0.1, -0.05) is 6.07 Å². The van der Waals surface area contributed by atoms with Gasteiger partial charge in [0.1, 0.15) is 17.7 Å². The monoisotopic (exact) mass is 316 g/mol. The summed E-state index contributed by atoms with van der Waals surface area (Å²) in [6.45, 7) is 0.219. The quantitative estimate of drug-likeness (QED) is 0.887. The molecule has 7 heteroatoms. The fraction of sp³-hybridized carbons (Fsp3) is 0.312. The SMILES string of the molecule is N#Cc1cnc(NC(COC2CC2)c2ccc(F)cc2F)nc1. The van der Waals surface area contributed by atoms with Crippen molar-refractivity contribution in [3.05, 3.63) is 53.4 Å². The average Bonchev–Trinajstić information content (AvgIpc) is 3.37. The van der Waals surface area contributed by atoms with Gasteiger partial charge in [0.05, 0.1) is 36.7 Å². The van der Waals surface area contributed by atoms with Crippen LogP contribution in [0.5, 0.6) is 0 Å². The number of hydrogen-bond acceptors (Lipinski definition) is 5. The minimum atomic E-state index is -0.657. The molecule has 23 heavy (non-hydrogen) atoms. The molecule has 1 aliphatic carbocycles. The summed E-state index contributed by atoms with van der Waals surface area (Å²) in [5, 5.41) is 11.7. The number of ether oxygens (including phenoxy) is 1. The second kappa shape index (κ2) is 6.67. The fourth-order valence-electron chi connectivity index (χ4n) is 2.08. The summed E-state index contributed by atoms with van der Waals surface area (Å²) < 4.78 is 32.8. The number of halogens is 2. The van der Waals surface area contributed by atoms with Crippen molar-refractivity contribution in [1.29, 1.82) is 5.26 Å². The predicted molar refractivity (Wildman–Crippen MR) is 78.4 cm³/mol. The zero-order valence-corrected chi connectivity index (χ0v) is 12.2. The van der Waals surface area contributed by atoms with Crippen molar-refractivity contribution in [1.82, 2.24) is 9.97 Å². The number of hydrogen-bond donors (Lipinski definition) is 1. The molecule has 0 bridgehead atoms. The van der Waals surface area contributed by atoms with E-state index in [-0.39, 0.29) is 24.2 Å². The van der Waals surface area contributed by atoms with E-state index in [2.05, 4.69) is 15.3 Å². The number of rotatable bonds is 6. The van der Waals surface area contributed by atoms with Crippen molar-refractivity contribution < 1.29 is 13.5 Å². The summed E-state index contributed by atoms with van der Waals surface area (Å²) in [7, 11) is 0. The summed E-state index contributed by atoms with van der Waals surface area (Å²) in [6, 6.07) is 4.78. The summed E-state index contributed by atoms with van der Waals surface area (Å²) in [5.41, 5.74) is 0.606. The van der Waals surface area contributed by atoms with Gasteiger partial charge in [0, 0.05) is 11.6 Å². The number of anilines is 1. The average molecular weight is 316 g/mol. The molecule has 0 spiro atoms. The maximum atomic E-state index is 14.0. The lowest BCUT2D eigenvalue weighted by Gasteiger charge is -2.20. The number of nitriles is 1. The first-order valence-electron chi connectivity index (χ1n) is 7.21. The van der Waals surface area contributed by atoms with Gasteiger partial charge in [0.2, 0.25) is 5.95 Å². The second-order valence-electron chi connectivity index (χ2n) is 5.30. The molecule has 118 valence electrons. The van der Waals surface area contributed by atoms with Crippen molar-refractivity contribution in [3.63, 3.8) is 0 Å². The van der Waals surface area contributed by atoms with Crippen LogP contribution in [0.15, 0.2) is 30.6 Å². The van der Waals surface area contributed by atoms with Crippen molar-refractivity contribution in [2.75, 3.05) is 11.9 Å². The smallest absolute Gasteiger partial charge is 0.223 e. The van der Waals surface area contributed by atoms with Gasteiger partial charge in [-0.15, -0.1) is 0 Å². The topological polar surface area (TPSA) is 70.8 Å². The maximum absolute atomic E-state index is 14.0. The summed E-state index contributed by atoms with van der Waals surface area (Å²) in [6.07, 6.45) is 4.92. The van der Waals surface area contributed by atoms with Gasteiger partial charge in [-0.05, 0) is 18.9 Å². The molecule has 1 N–H and O–H groups in total. The van der Waals surface area contributed by atoms with E-state index in [1.165, 1.54) is 24.5 Å². The molecule has 0 radical (unpaired) electrons. The van der Waals surface area contributed by atoms with E-state index < -0.39 is 17.7 Å². The standard InChI is InChI=1S/C16H14F2N4O/c17-11-1-4-13(14(18)5-11)15(9-23-12-2-3-12)22-16-20-7-10(6-19)8-21-16/h1,4-5,7-8,12,15H,2-3,9H2,(H,20,21,22). The van der Waals surface area contributed by atoms with Crippen LogP contribution >= 0.6 is 0 Å². The highest BCUT2D eigenvalue weighted by atomic mass is 19.1. The summed E-state index contributed by atoms with van der Waals surface area (Å²) >= 11 is 0. The second-order valence-corrected chi connectivity index (χ2v) is 5.30. The van der Waals surface area contributed by atoms with Crippen molar-refractivity contribution in [2.24, 2.45) is 0 Å². The van der Waals surface area contributed by atoms with Crippen LogP contribution in [0.2, 0.25) is 0 Å². The van der Waals surface area contributed by atoms with Crippen LogP contribution in [0, 0.1) is 23.0 Å². The lowest BCUT2D eigenvalue weighted by Crippen LogP contribution is -2.20. The molecule has 1 aliphatic rings. The Balaban J connectivity index is 1.80. The highest BCUT2D eigenvalue weighted by Gasteiger charge is 2.25. The van der Waals surface area contributed by atoms with Crippen molar-refractivity contribution >= 4 is 5.95 Å². The lowest BCUT2D eigenvalue weighted by molar-refractivity contribution is 0.110. The molecule has 1 fully saturated rings. The Hall–Kier alpha value is -2.59. The highest BCUT2D eigenvalue weighted by Crippen LogP contribution is 2.27. The molecule has 1 atom stereocenters. The molecule has 1 saturated carbocycles. The van der Waals surface area contributed by atoms with Crippen LogP contribution in [0.3, 0.4) is 0 Å². The summed E-state index contributed by atoms with van der Waals surface area (Å²) in [5.74, 6) is -1.05. The Morgan fingerprint density at radius 3 is 2.65 bits per heavy atom. The molecule has 0 aliphatic heterocycles. The Morgan fingerprint density at radius 2 is 2.04 bits per heavy atom. The minimum absolute atomic E-state index is 0.199. The molecular formula is C16H14F2N4O. The molecule has 3 rings (SSSR count). The maximum Gasteiger partial charge on any atom is 0.223 e. The van der Waals surface area contributed by atoms with Crippen LogP contribution in [0.25, 0.3) is 0 Å². The predicted octanol–water partition coefficient (Wildman–Crippen LogP) is 2.96. The fourth-order valence-corrected chi connectivity index (χ4v) is 2.08. The third-order valence-corrected chi connectivity index (χ3v) is 3.45. The van der Waals surface area contributed by atoms with Crippen molar-refractivity contribution in [2.45, 2.75) is 25.0 Å². The molecular weight excluding hydrogens is 302 g/mol. The number of nitrogens with one attached hydrogen (secondary N) is 1. The van der Waals surface area contributed by atoms with E-state index >= 15 is 0 Å². The number of aromatic nitrogens is 2. The Morgan fingerprint density at radius 1 is 1.30 bits per heavy atom. The first-order valence-corrected chi connectivity index (χ1v) is 7.21. The highest BCUT2D eigenvalue weighted by molar-refractivity contribution is 5.35. The zero-order chi connectivity index (χ0) is 16.2. The van der Waals surface area contributed by atoms with Gasteiger partial charge in [0.15, 0.2) is 0 Å². The van der Waals surface area contributed by atoms with E-state index in [4.69, 9.17) is 10.00 Å². The first-order chi connectivity index (χ1) is 11.2. The molecule has 1 heterocycles. The molecule has 1 aromatic heterocycles. The normalized spacial score (nSPS) is 15.0. The van der Waals surface area contributed by atoms with Gasteiger partial charge >= 0.3 is 0 Å². The molecule has 5 nitrogen and oxygen atoms in total. The largest absolute Gasteiger partial charge is 0.376 e. The van der Waals surface area contributed by atoms with Gasteiger partial charge in [0.25, 0.3) is 0 Å². The first kappa shape index (κ1) is 15.3. The van der Waals surface area contributed by atoms with E-state index in [1.54, 1.807) is 0 Å². The number of benzene rings is 1. The van der Waals surface area contributed by atoms with Gasteiger partial charge in [-0.25, -0.2) is 18.7 Å². The number of nitrogens with zero attached hydrogens (tertiary/aromatic N) is 3. The summed E-state index contributed by atoms with van der Waals surface area (Å²) in [4.78, 5) is 8.02. The van der Waals surface area contributed by atoms with Crippen LogP contribution in [0.1, 0.15) is 30.0 Å². The molecule has 2 aromatic rings. The van der Waals surface area contributed by atoms with E-state index in [0.717, 1.165) is 18.9 Å². The lowest BCUT2D eigenvalue weighted by atomic mass is 10.1. The van der Waals surface area contributed by atoms with E-state index in [1.807, 2.05) is 6.07 Å².